The van der Waals surface area contributed by atoms with Crippen LogP contribution >= 0.6 is 27.5 Å². The Bertz CT molecular complexity index is 1210. The normalized spacial score (nSPS) is 17.1. The van der Waals surface area contributed by atoms with E-state index in [4.69, 9.17) is 11.6 Å². The van der Waals surface area contributed by atoms with Crippen molar-refractivity contribution < 1.29 is 26.4 Å². The van der Waals surface area contributed by atoms with Gasteiger partial charge < -0.3 is 10.6 Å². The maximum absolute atomic E-state index is 13.9. The van der Waals surface area contributed by atoms with E-state index in [9.17, 15) is 26.4 Å². The van der Waals surface area contributed by atoms with Crippen LogP contribution in [0.1, 0.15) is 40.4 Å². The van der Waals surface area contributed by atoms with Gasteiger partial charge in [0, 0.05) is 47.3 Å². The molecular formula is C23H26BrClF3N3O3S. The van der Waals surface area contributed by atoms with Crippen LogP contribution in [0.3, 0.4) is 0 Å². The third kappa shape index (κ3) is 6.76. The molecule has 2 N–H and O–H groups in total. The highest BCUT2D eigenvalue weighted by Gasteiger charge is 2.36. The molecule has 1 atom stereocenters. The Labute approximate surface area is 216 Å². The van der Waals surface area contributed by atoms with E-state index < -0.39 is 27.5 Å². The van der Waals surface area contributed by atoms with E-state index >= 15 is 0 Å². The summed E-state index contributed by atoms with van der Waals surface area (Å²) in [5.41, 5.74) is -0.754. The number of rotatable bonds is 8. The van der Waals surface area contributed by atoms with Crippen LogP contribution in [-0.4, -0.2) is 51.2 Å². The summed E-state index contributed by atoms with van der Waals surface area (Å²) in [6.45, 7) is 2.67. The zero-order valence-corrected chi connectivity index (χ0v) is 22.3. The third-order valence-corrected chi connectivity index (χ3v) is 8.77. The number of benzene rings is 2. The molecule has 0 aromatic heterocycles. The first-order chi connectivity index (χ1) is 16.4. The minimum Gasteiger partial charge on any atom is -0.348 e. The smallest absolute Gasteiger partial charge is 0.348 e. The number of carbonyl (C=O) groups is 1. The molecule has 1 saturated heterocycles. The molecule has 1 unspecified atom stereocenters. The summed E-state index contributed by atoms with van der Waals surface area (Å²) in [6, 6.07) is 6.61. The van der Waals surface area contributed by atoms with Gasteiger partial charge in [0.25, 0.3) is 5.91 Å². The standard InChI is InChI=1S/C23H26BrClF3N3O3S/c1-3-35(33,34)21-5-4-16(25)8-15(21)11-30-22(32)14-9-19(23(26,27)28)18(20(24)10-14)13-31-7-6-17(12-31)29-2/h4-5,8-10,17,29H,3,6-7,11-13H2,1-2H3,(H,30,32). The van der Waals surface area contributed by atoms with Gasteiger partial charge in [-0.25, -0.2) is 8.42 Å². The number of alkyl halides is 3. The minimum atomic E-state index is -4.66. The van der Waals surface area contributed by atoms with Crippen molar-refractivity contribution in [3.05, 3.63) is 62.1 Å². The highest BCUT2D eigenvalue weighted by Crippen LogP contribution is 2.37. The van der Waals surface area contributed by atoms with Gasteiger partial charge in [0.05, 0.1) is 16.2 Å². The highest BCUT2D eigenvalue weighted by molar-refractivity contribution is 9.10. The number of nitrogens with one attached hydrogen (secondary N) is 2. The molecule has 0 spiro atoms. The Balaban J connectivity index is 1.86. The molecule has 12 heteroatoms. The average Bonchev–Trinajstić information content (AvgIpc) is 3.25. The fourth-order valence-electron chi connectivity index (χ4n) is 4.04. The number of likely N-dealkylation sites (tertiary alicyclic amines) is 1. The van der Waals surface area contributed by atoms with Gasteiger partial charge in [-0.05, 0) is 54.9 Å². The van der Waals surface area contributed by atoms with Gasteiger partial charge in [-0.1, -0.05) is 34.5 Å². The van der Waals surface area contributed by atoms with E-state index in [1.807, 2.05) is 11.9 Å². The summed E-state index contributed by atoms with van der Waals surface area (Å²) in [5, 5.41) is 5.93. The molecule has 1 amide bonds. The molecule has 0 aliphatic carbocycles. The van der Waals surface area contributed by atoms with Crippen molar-refractivity contribution in [1.82, 2.24) is 15.5 Å². The number of halogens is 5. The Morgan fingerprint density at radius 1 is 1.26 bits per heavy atom. The van der Waals surface area contributed by atoms with Crippen molar-refractivity contribution in [2.75, 3.05) is 25.9 Å². The second-order valence-corrected chi connectivity index (χ2v) is 11.9. The van der Waals surface area contributed by atoms with Gasteiger partial charge in [-0.15, -0.1) is 0 Å². The molecule has 6 nitrogen and oxygen atoms in total. The molecule has 1 fully saturated rings. The number of hydrogen-bond donors (Lipinski definition) is 2. The maximum atomic E-state index is 13.9. The Kier molecular flexibility index (Phi) is 8.91. The van der Waals surface area contributed by atoms with Gasteiger partial charge in [-0.3, -0.25) is 9.69 Å². The molecule has 0 saturated carbocycles. The van der Waals surface area contributed by atoms with E-state index in [1.165, 1.54) is 31.2 Å². The lowest BCUT2D eigenvalue weighted by Gasteiger charge is -2.22. The van der Waals surface area contributed by atoms with E-state index in [0.717, 1.165) is 12.5 Å². The van der Waals surface area contributed by atoms with Crippen LogP contribution in [0.25, 0.3) is 0 Å². The van der Waals surface area contributed by atoms with Gasteiger partial charge in [0.15, 0.2) is 9.84 Å². The fraction of sp³-hybridized carbons (Fsp3) is 0.435. The van der Waals surface area contributed by atoms with Crippen molar-refractivity contribution in [1.29, 1.82) is 0 Å². The fourth-order valence-corrected chi connectivity index (χ4v) is 5.94. The van der Waals surface area contributed by atoms with E-state index in [0.29, 0.717) is 13.1 Å². The zero-order valence-electron chi connectivity index (χ0n) is 19.2. The minimum absolute atomic E-state index is 0.0164. The number of sulfone groups is 1. The van der Waals surface area contributed by atoms with E-state index in [-0.39, 0.29) is 56.0 Å². The topological polar surface area (TPSA) is 78.5 Å². The van der Waals surface area contributed by atoms with Gasteiger partial charge >= 0.3 is 6.18 Å². The van der Waals surface area contributed by atoms with E-state index in [2.05, 4.69) is 26.6 Å². The molecule has 0 bridgehead atoms. The number of hydrogen-bond acceptors (Lipinski definition) is 5. The molecule has 2 aromatic carbocycles. The quantitative estimate of drug-likeness (QED) is 0.465. The summed E-state index contributed by atoms with van der Waals surface area (Å²) < 4.78 is 66.8. The first-order valence-electron chi connectivity index (χ1n) is 10.9. The predicted octanol–water partition coefficient (Wildman–Crippen LogP) is 4.64. The van der Waals surface area contributed by atoms with Crippen LogP contribution in [0.15, 0.2) is 39.7 Å². The number of nitrogens with zero attached hydrogens (tertiary/aromatic N) is 1. The summed E-state index contributed by atoms with van der Waals surface area (Å²) in [6.07, 6.45) is -3.82. The lowest BCUT2D eigenvalue weighted by Crippen LogP contribution is -2.30. The summed E-state index contributed by atoms with van der Waals surface area (Å²) >= 11 is 9.22. The van der Waals surface area contributed by atoms with Crippen LogP contribution in [-0.2, 0) is 29.1 Å². The van der Waals surface area contributed by atoms with Crippen LogP contribution in [0.5, 0.6) is 0 Å². The van der Waals surface area contributed by atoms with Crippen molar-refractivity contribution >= 4 is 43.3 Å². The molecule has 0 radical (unpaired) electrons. The van der Waals surface area contributed by atoms with Crippen molar-refractivity contribution in [2.24, 2.45) is 0 Å². The van der Waals surface area contributed by atoms with Crippen LogP contribution in [0.4, 0.5) is 13.2 Å². The average molecular weight is 597 g/mol. The SMILES string of the molecule is CCS(=O)(=O)c1ccc(Cl)cc1CNC(=O)c1cc(Br)c(CN2CCC(NC)C2)c(C(F)(F)F)c1. The molecule has 192 valence electrons. The number of likely N-dealkylation sites (N-methyl/N-ethyl adjacent to an activating group) is 1. The Morgan fingerprint density at radius 2 is 1.97 bits per heavy atom. The van der Waals surface area contributed by atoms with Crippen molar-refractivity contribution in [2.45, 2.75) is 43.5 Å². The monoisotopic (exact) mass is 595 g/mol. The Hall–Kier alpha value is -1.66. The van der Waals surface area contributed by atoms with Crippen LogP contribution in [0, 0.1) is 0 Å². The summed E-state index contributed by atoms with van der Waals surface area (Å²) in [5.74, 6) is -0.913. The van der Waals surface area contributed by atoms with Crippen molar-refractivity contribution in [3.63, 3.8) is 0 Å². The molecule has 1 aliphatic rings. The van der Waals surface area contributed by atoms with Crippen molar-refractivity contribution in [3.8, 4) is 0 Å². The molecule has 1 heterocycles. The lowest BCUT2D eigenvalue weighted by molar-refractivity contribution is -0.138. The largest absolute Gasteiger partial charge is 0.416 e. The first kappa shape index (κ1) is 27.9. The predicted molar refractivity (Wildman–Crippen MR) is 132 cm³/mol. The molecule has 35 heavy (non-hydrogen) atoms. The van der Waals surface area contributed by atoms with Gasteiger partial charge in [-0.2, -0.15) is 13.2 Å². The molecule has 1 aliphatic heterocycles. The number of carbonyl (C=O) groups excluding carboxylic acids is 1. The highest BCUT2D eigenvalue weighted by atomic mass is 79.9. The molecule has 2 aromatic rings. The Morgan fingerprint density at radius 3 is 2.57 bits per heavy atom. The maximum Gasteiger partial charge on any atom is 0.416 e. The number of amides is 1. The molecule has 3 rings (SSSR count). The molecular weight excluding hydrogens is 571 g/mol. The zero-order chi connectivity index (χ0) is 26.0. The van der Waals surface area contributed by atoms with Gasteiger partial charge in [0.2, 0.25) is 0 Å². The summed E-state index contributed by atoms with van der Waals surface area (Å²) in [4.78, 5) is 14.8. The second-order valence-electron chi connectivity index (χ2n) is 8.33. The second kappa shape index (κ2) is 11.2. The summed E-state index contributed by atoms with van der Waals surface area (Å²) in [7, 11) is -1.77. The van der Waals surface area contributed by atoms with Crippen LogP contribution < -0.4 is 10.6 Å². The third-order valence-electron chi connectivity index (χ3n) is 6.00. The van der Waals surface area contributed by atoms with Gasteiger partial charge in [0.1, 0.15) is 0 Å². The van der Waals surface area contributed by atoms with Crippen LogP contribution in [0.2, 0.25) is 5.02 Å². The lowest BCUT2D eigenvalue weighted by atomic mass is 10.0. The van der Waals surface area contributed by atoms with E-state index in [1.54, 1.807) is 0 Å². The first-order valence-corrected chi connectivity index (χ1v) is 13.8.